The van der Waals surface area contributed by atoms with Crippen LogP contribution in [-0.4, -0.2) is 32.5 Å². The summed E-state index contributed by atoms with van der Waals surface area (Å²) in [4.78, 5) is 17.0. The summed E-state index contributed by atoms with van der Waals surface area (Å²) < 4.78 is 5.15. The van der Waals surface area contributed by atoms with Crippen LogP contribution >= 0.6 is 0 Å². The quantitative estimate of drug-likeness (QED) is 0.135. The SMILES string of the molecule is Cc1cc(C(C)(C)CCC(C)(C)c2cc3c4c(c2)nc(-c2c(C)cccc2C)n4-c2cc(C(C)(C)C)cc4c2B3c2ccc(C(C)(C)C)cc2N4c2ccc(C(C)(C)C)cc2)cc(C)c1-c1nc2cc(C(C)(C)C)cc3c2n1-c1cccc2c1B3c1ccc(C(C)(C)C)cc1N2c1ccc(C(C)(C)C)cc1. The van der Waals surface area contributed by atoms with Crippen LogP contribution in [-0.2, 0) is 43.3 Å². The molecule has 0 saturated heterocycles. The second kappa shape index (κ2) is 23.7. The maximum absolute atomic E-state index is 5.94. The Morgan fingerprint density at radius 2 is 0.623 bits per heavy atom. The van der Waals surface area contributed by atoms with Gasteiger partial charge in [0.2, 0.25) is 0 Å². The average Bonchev–Trinajstić information content (AvgIpc) is 1.17. The van der Waals surface area contributed by atoms with Crippen LogP contribution in [0, 0.1) is 27.7 Å². The van der Waals surface area contributed by atoms with Crippen molar-refractivity contribution in [2.75, 3.05) is 9.80 Å². The van der Waals surface area contributed by atoms with E-state index in [9.17, 15) is 0 Å². The van der Waals surface area contributed by atoms with E-state index >= 15 is 0 Å². The molecule has 0 spiro atoms. The normalized spacial score (nSPS) is 14.3. The van der Waals surface area contributed by atoms with Gasteiger partial charge in [-0.3, -0.25) is 9.13 Å². The number of hydrogen-bond acceptors (Lipinski definition) is 4. The first-order valence-electron chi connectivity index (χ1n) is 39.2. The number of aryl methyl sites for hydroxylation is 4. The third-order valence-electron chi connectivity index (χ3n) is 24.9. The number of benzene rings is 10. The summed E-state index contributed by atoms with van der Waals surface area (Å²) in [6, 6.07) is 67.5. The highest BCUT2D eigenvalue weighted by atomic mass is 15.2. The average molecular weight is 1390 g/mol. The summed E-state index contributed by atoms with van der Waals surface area (Å²) >= 11 is 0. The van der Waals surface area contributed by atoms with Gasteiger partial charge in [0, 0.05) is 56.6 Å². The highest BCUT2D eigenvalue weighted by Gasteiger charge is 2.47. The van der Waals surface area contributed by atoms with Crippen LogP contribution < -0.4 is 42.6 Å². The van der Waals surface area contributed by atoms with Gasteiger partial charge in [0.15, 0.2) is 0 Å². The Balaban J connectivity index is 0.817. The zero-order chi connectivity index (χ0) is 75.7. The van der Waals surface area contributed by atoms with E-state index in [4.69, 9.17) is 9.97 Å². The highest BCUT2D eigenvalue weighted by molar-refractivity contribution is 7.01. The molecule has 10 aromatic carbocycles. The number of imidazole rings is 2. The van der Waals surface area contributed by atoms with E-state index in [1.165, 1.54) is 167 Å². The van der Waals surface area contributed by atoms with Crippen molar-refractivity contribution in [1.82, 2.24) is 19.1 Å². The topological polar surface area (TPSA) is 42.1 Å². The Morgan fingerprint density at radius 1 is 0.283 bits per heavy atom. The van der Waals surface area contributed by atoms with Gasteiger partial charge in [-0.05, 0) is 256 Å². The van der Waals surface area contributed by atoms with E-state index in [0.717, 1.165) is 35.5 Å². The van der Waals surface area contributed by atoms with Crippen molar-refractivity contribution in [2.45, 2.75) is 236 Å². The largest absolute Gasteiger partial charge is 0.311 e. The molecule has 16 rings (SSSR count). The molecule has 0 amide bonds. The molecule has 538 valence electrons. The van der Waals surface area contributed by atoms with Crippen LogP contribution in [0.5, 0.6) is 0 Å². The number of anilines is 6. The number of aromatic nitrogens is 4. The molecule has 0 radical (unpaired) electrons. The Hall–Kier alpha value is -9.13. The minimum Gasteiger partial charge on any atom is -0.311 e. The van der Waals surface area contributed by atoms with Gasteiger partial charge in [-0.2, -0.15) is 0 Å². The first-order valence-corrected chi connectivity index (χ1v) is 39.2. The Morgan fingerprint density at radius 3 is 1.08 bits per heavy atom. The molecule has 2 aromatic heterocycles. The summed E-state index contributed by atoms with van der Waals surface area (Å²) in [6.07, 6.45) is 1.94. The molecule has 4 aliphatic rings. The number of fused-ring (bicyclic) bond motifs is 8. The molecular formula is C98H110B2N6. The Bertz CT molecular complexity index is 5610. The number of rotatable bonds is 9. The molecule has 6 nitrogen and oxygen atoms in total. The van der Waals surface area contributed by atoms with Crippen molar-refractivity contribution < 1.29 is 0 Å². The molecule has 106 heavy (non-hydrogen) atoms. The van der Waals surface area contributed by atoms with Crippen molar-refractivity contribution in [3.8, 4) is 34.2 Å². The van der Waals surface area contributed by atoms with Crippen LogP contribution in [0.3, 0.4) is 0 Å². The van der Waals surface area contributed by atoms with Crippen molar-refractivity contribution >= 4 is 102 Å². The van der Waals surface area contributed by atoms with Gasteiger partial charge in [-0.25, -0.2) is 9.97 Å². The van der Waals surface area contributed by atoms with Gasteiger partial charge in [0.25, 0.3) is 13.4 Å². The van der Waals surface area contributed by atoms with E-state index < -0.39 is 0 Å². The first kappa shape index (κ1) is 71.1. The van der Waals surface area contributed by atoms with Gasteiger partial charge in [0.05, 0.1) is 22.1 Å². The van der Waals surface area contributed by atoms with Crippen LogP contribution in [0.2, 0.25) is 0 Å². The monoisotopic (exact) mass is 1390 g/mol. The molecule has 0 saturated carbocycles. The van der Waals surface area contributed by atoms with E-state index in [1.54, 1.807) is 0 Å². The fourth-order valence-electron chi connectivity index (χ4n) is 18.2. The smallest absolute Gasteiger partial charge is 0.252 e. The van der Waals surface area contributed by atoms with Crippen molar-refractivity contribution in [2.24, 2.45) is 0 Å². The lowest BCUT2D eigenvalue weighted by molar-refractivity contribution is 0.375. The van der Waals surface area contributed by atoms with E-state index in [1.807, 2.05) is 0 Å². The molecule has 4 aliphatic heterocycles. The van der Waals surface area contributed by atoms with Crippen LogP contribution in [0.25, 0.3) is 56.2 Å². The lowest BCUT2D eigenvalue weighted by Crippen LogP contribution is -2.61. The van der Waals surface area contributed by atoms with Gasteiger partial charge >= 0.3 is 0 Å². The molecule has 0 atom stereocenters. The second-order valence-electron chi connectivity index (χ2n) is 39.7. The fourth-order valence-corrected chi connectivity index (χ4v) is 18.2. The molecule has 6 heterocycles. The molecule has 8 heteroatoms. The molecule has 0 unspecified atom stereocenters. The van der Waals surface area contributed by atoms with Crippen molar-refractivity contribution in [3.05, 3.63) is 237 Å². The molecule has 0 bridgehead atoms. The zero-order valence-corrected chi connectivity index (χ0v) is 68.4. The third-order valence-corrected chi connectivity index (χ3v) is 24.9. The van der Waals surface area contributed by atoms with Crippen LogP contribution in [0.1, 0.15) is 232 Å². The highest BCUT2D eigenvalue weighted by Crippen LogP contribution is 2.49. The van der Waals surface area contributed by atoms with Crippen LogP contribution in [0.4, 0.5) is 34.1 Å². The summed E-state index contributed by atoms with van der Waals surface area (Å²) in [5, 5.41) is 0. The van der Waals surface area contributed by atoms with E-state index in [-0.39, 0.29) is 56.7 Å². The van der Waals surface area contributed by atoms with E-state index in [2.05, 4.69) is 369 Å². The molecule has 0 N–H and O–H groups in total. The number of nitrogens with zero attached hydrogens (tertiary/aromatic N) is 6. The Labute approximate surface area is 634 Å². The summed E-state index contributed by atoms with van der Waals surface area (Å²) in [5.74, 6) is 2.02. The third kappa shape index (κ3) is 11.3. The lowest BCUT2D eigenvalue weighted by atomic mass is 9.33. The van der Waals surface area contributed by atoms with Gasteiger partial charge in [-0.1, -0.05) is 249 Å². The van der Waals surface area contributed by atoms with Crippen LogP contribution in [0.15, 0.2) is 170 Å². The van der Waals surface area contributed by atoms with Crippen molar-refractivity contribution in [1.29, 1.82) is 0 Å². The molecular weight excluding hydrogens is 1280 g/mol. The number of hydrogen-bond donors (Lipinski definition) is 0. The Kier molecular flexibility index (Phi) is 15.9. The maximum Gasteiger partial charge on any atom is 0.252 e. The van der Waals surface area contributed by atoms with Gasteiger partial charge < -0.3 is 9.80 Å². The molecule has 12 aromatic rings. The van der Waals surface area contributed by atoms with Crippen molar-refractivity contribution in [3.63, 3.8) is 0 Å². The van der Waals surface area contributed by atoms with Gasteiger partial charge in [0.1, 0.15) is 11.6 Å². The van der Waals surface area contributed by atoms with Gasteiger partial charge in [-0.15, -0.1) is 0 Å². The second-order valence-corrected chi connectivity index (χ2v) is 39.7. The first-order chi connectivity index (χ1) is 49.5. The molecule has 0 aliphatic carbocycles. The summed E-state index contributed by atoms with van der Waals surface area (Å²) in [7, 11) is 0. The minimum absolute atomic E-state index is 0.00512. The zero-order valence-electron chi connectivity index (χ0n) is 68.4. The minimum atomic E-state index is -0.238. The summed E-state index contributed by atoms with van der Waals surface area (Å²) in [5.41, 5.74) is 39.5. The predicted molar refractivity (Wildman–Crippen MR) is 458 cm³/mol. The fraction of sp³-hybridized carbons (Fsp3) is 0.367. The lowest BCUT2D eigenvalue weighted by Gasteiger charge is -2.42. The predicted octanol–water partition coefficient (Wildman–Crippen LogP) is 22.0. The summed E-state index contributed by atoms with van der Waals surface area (Å²) in [6.45, 7) is 61.2. The molecule has 0 fully saturated rings. The standard InChI is InChI=1S/C98H110B2N6/c1-57-29-27-30-58(2)83(57)89-102-76-52-68(50-74-88(76)106(89)82-56-66(96(20,21)22)55-81-86(82)100(74)72-44-38-64(94(14,15)16)54-80(72)104(81)70-41-35-62(36-42-70)92(8,9)10)98(25,26)46-45-97(23,24)67-47-59(3)84(60(4)48-67)90-101-75-51-65(95(17,18)19)49-73-87(75)105(90)78-32-28-31-77-85(78)99(73)71-43-37-63(93(11,12)13)53-79(71)103(77)69-39-33-61(34-40-69)91(5,6)7/h27-44,47-56H,45-46H2,1-26H3. The maximum atomic E-state index is 5.94. The van der Waals surface area contributed by atoms with E-state index in [0.29, 0.717) is 0 Å².